The molecule has 1 rings (SSSR count). The number of alkyl halides is 1. The Hall–Kier alpha value is -0.110. The summed E-state index contributed by atoms with van der Waals surface area (Å²) in [6, 6.07) is 1.15. The van der Waals surface area contributed by atoms with Crippen molar-refractivity contribution in [3.05, 3.63) is 0 Å². The SMILES string of the molecule is CC(C)C1CC(C(C)F)CCCN1C(C)C. The van der Waals surface area contributed by atoms with Crippen LogP contribution in [0.3, 0.4) is 0 Å². The fourth-order valence-electron chi connectivity index (χ4n) is 2.98. The number of hydrogen-bond acceptors (Lipinski definition) is 1. The average molecular weight is 229 g/mol. The Morgan fingerprint density at radius 2 is 1.75 bits per heavy atom. The van der Waals surface area contributed by atoms with Crippen molar-refractivity contribution in [2.45, 2.75) is 72.1 Å². The third-order valence-corrected chi connectivity index (χ3v) is 4.04. The molecule has 16 heavy (non-hydrogen) atoms. The van der Waals surface area contributed by atoms with Crippen molar-refractivity contribution in [2.75, 3.05) is 6.54 Å². The van der Waals surface area contributed by atoms with Crippen LogP contribution < -0.4 is 0 Å². The van der Waals surface area contributed by atoms with Gasteiger partial charge in [-0.3, -0.25) is 4.90 Å². The highest BCUT2D eigenvalue weighted by Crippen LogP contribution is 2.31. The predicted octanol–water partition coefficient (Wildman–Crippen LogP) is 3.88. The maximum atomic E-state index is 13.5. The maximum absolute atomic E-state index is 13.5. The van der Waals surface area contributed by atoms with Gasteiger partial charge in [-0.1, -0.05) is 13.8 Å². The van der Waals surface area contributed by atoms with Gasteiger partial charge in [0.05, 0.1) is 0 Å². The largest absolute Gasteiger partial charge is 0.298 e. The van der Waals surface area contributed by atoms with E-state index in [1.807, 2.05) is 0 Å². The van der Waals surface area contributed by atoms with Crippen LogP contribution >= 0.6 is 0 Å². The van der Waals surface area contributed by atoms with E-state index in [9.17, 15) is 4.39 Å². The molecule has 0 aliphatic carbocycles. The lowest BCUT2D eigenvalue weighted by molar-refractivity contribution is 0.104. The van der Waals surface area contributed by atoms with Gasteiger partial charge in [-0.05, 0) is 58.4 Å². The van der Waals surface area contributed by atoms with Crippen molar-refractivity contribution in [3.8, 4) is 0 Å². The molecule has 0 radical (unpaired) electrons. The van der Waals surface area contributed by atoms with Crippen molar-refractivity contribution >= 4 is 0 Å². The average Bonchev–Trinajstić information content (AvgIpc) is 2.38. The molecule has 1 heterocycles. The highest BCUT2D eigenvalue weighted by atomic mass is 19.1. The first-order chi connectivity index (χ1) is 7.43. The zero-order valence-electron chi connectivity index (χ0n) is 11.5. The molecule has 1 fully saturated rings. The fourth-order valence-corrected chi connectivity index (χ4v) is 2.98. The summed E-state index contributed by atoms with van der Waals surface area (Å²) in [4.78, 5) is 2.58. The van der Waals surface area contributed by atoms with E-state index >= 15 is 0 Å². The van der Waals surface area contributed by atoms with Crippen LogP contribution in [0, 0.1) is 11.8 Å². The highest BCUT2D eigenvalue weighted by molar-refractivity contribution is 4.85. The van der Waals surface area contributed by atoms with E-state index in [0.717, 1.165) is 25.8 Å². The van der Waals surface area contributed by atoms with Gasteiger partial charge in [-0.25, -0.2) is 4.39 Å². The van der Waals surface area contributed by atoms with Gasteiger partial charge in [-0.2, -0.15) is 0 Å². The molecular formula is C14H28FN. The number of halogens is 1. The Morgan fingerprint density at radius 3 is 2.19 bits per heavy atom. The van der Waals surface area contributed by atoms with E-state index in [1.54, 1.807) is 6.92 Å². The molecule has 3 atom stereocenters. The van der Waals surface area contributed by atoms with Crippen LogP contribution in [-0.4, -0.2) is 29.7 Å². The molecule has 96 valence electrons. The quantitative estimate of drug-likeness (QED) is 0.710. The molecule has 0 aromatic rings. The molecule has 0 aromatic heterocycles. The predicted molar refractivity (Wildman–Crippen MR) is 68.4 cm³/mol. The molecule has 0 N–H and O–H groups in total. The smallest absolute Gasteiger partial charge is 0.100 e. The Labute approximate surface area is 100 Å². The minimum Gasteiger partial charge on any atom is -0.298 e. The van der Waals surface area contributed by atoms with Crippen LogP contribution in [0.4, 0.5) is 4.39 Å². The second kappa shape index (κ2) is 6.00. The molecule has 0 aromatic carbocycles. The Balaban J connectivity index is 2.75. The van der Waals surface area contributed by atoms with E-state index in [-0.39, 0.29) is 5.92 Å². The molecular weight excluding hydrogens is 201 g/mol. The Kier molecular flexibility index (Phi) is 5.23. The molecule has 1 nitrogen and oxygen atoms in total. The maximum Gasteiger partial charge on any atom is 0.100 e. The van der Waals surface area contributed by atoms with Crippen LogP contribution in [-0.2, 0) is 0 Å². The lowest BCUT2D eigenvalue weighted by Crippen LogP contribution is -2.43. The van der Waals surface area contributed by atoms with Crippen LogP contribution in [0.2, 0.25) is 0 Å². The third-order valence-electron chi connectivity index (χ3n) is 4.04. The van der Waals surface area contributed by atoms with Crippen molar-refractivity contribution < 1.29 is 4.39 Å². The molecule has 0 bridgehead atoms. The molecule has 1 saturated heterocycles. The minimum atomic E-state index is -0.645. The molecule has 1 aliphatic heterocycles. The first kappa shape index (κ1) is 14.0. The molecule has 1 aliphatic rings. The standard InChI is InChI=1S/C14H28FN/c1-10(2)14-9-13(12(5)15)7-6-8-16(14)11(3)4/h10-14H,6-9H2,1-5H3. The highest BCUT2D eigenvalue weighted by Gasteiger charge is 2.31. The van der Waals surface area contributed by atoms with Crippen LogP contribution in [0.1, 0.15) is 53.9 Å². The second-order valence-corrected chi connectivity index (χ2v) is 5.96. The van der Waals surface area contributed by atoms with Crippen LogP contribution in [0.25, 0.3) is 0 Å². The Bertz CT molecular complexity index is 201. The zero-order chi connectivity index (χ0) is 12.3. The second-order valence-electron chi connectivity index (χ2n) is 5.96. The molecule has 0 spiro atoms. The van der Waals surface area contributed by atoms with Gasteiger partial charge < -0.3 is 0 Å². The normalized spacial score (nSPS) is 30.8. The zero-order valence-corrected chi connectivity index (χ0v) is 11.5. The first-order valence-electron chi connectivity index (χ1n) is 6.83. The van der Waals surface area contributed by atoms with Gasteiger partial charge in [0.15, 0.2) is 0 Å². The lowest BCUT2D eigenvalue weighted by atomic mass is 9.88. The fraction of sp³-hybridized carbons (Fsp3) is 1.00. The monoisotopic (exact) mass is 229 g/mol. The summed E-state index contributed by atoms with van der Waals surface area (Å²) < 4.78 is 13.5. The van der Waals surface area contributed by atoms with E-state index in [0.29, 0.717) is 18.0 Å². The van der Waals surface area contributed by atoms with E-state index < -0.39 is 6.17 Å². The van der Waals surface area contributed by atoms with Crippen molar-refractivity contribution in [2.24, 2.45) is 11.8 Å². The van der Waals surface area contributed by atoms with E-state index in [4.69, 9.17) is 0 Å². The van der Waals surface area contributed by atoms with Crippen molar-refractivity contribution in [1.29, 1.82) is 0 Å². The van der Waals surface area contributed by atoms with E-state index in [2.05, 4.69) is 32.6 Å². The minimum absolute atomic E-state index is 0.274. The molecule has 0 amide bonds. The lowest BCUT2D eigenvalue weighted by Gasteiger charge is -2.37. The van der Waals surface area contributed by atoms with Crippen LogP contribution in [0.5, 0.6) is 0 Å². The number of hydrogen-bond donors (Lipinski definition) is 0. The van der Waals surface area contributed by atoms with Gasteiger partial charge in [0.25, 0.3) is 0 Å². The summed E-state index contributed by atoms with van der Waals surface area (Å²) in [5, 5.41) is 0. The summed E-state index contributed by atoms with van der Waals surface area (Å²) >= 11 is 0. The van der Waals surface area contributed by atoms with Gasteiger partial charge in [0.2, 0.25) is 0 Å². The van der Waals surface area contributed by atoms with Gasteiger partial charge in [0, 0.05) is 12.1 Å². The molecule has 3 unspecified atom stereocenters. The topological polar surface area (TPSA) is 3.24 Å². The summed E-state index contributed by atoms with van der Waals surface area (Å²) in [6.07, 6.45) is 2.60. The Morgan fingerprint density at radius 1 is 1.12 bits per heavy atom. The summed E-state index contributed by atoms with van der Waals surface area (Å²) in [7, 11) is 0. The molecule has 2 heteroatoms. The van der Waals surface area contributed by atoms with Gasteiger partial charge in [-0.15, -0.1) is 0 Å². The first-order valence-corrected chi connectivity index (χ1v) is 6.83. The number of likely N-dealkylation sites (tertiary alicyclic amines) is 1. The van der Waals surface area contributed by atoms with Gasteiger partial charge in [0.1, 0.15) is 6.17 Å². The van der Waals surface area contributed by atoms with Crippen molar-refractivity contribution in [1.82, 2.24) is 4.90 Å². The summed E-state index contributed by atoms with van der Waals surface area (Å²) in [6.45, 7) is 11.9. The number of rotatable bonds is 3. The van der Waals surface area contributed by atoms with Gasteiger partial charge >= 0.3 is 0 Å². The third kappa shape index (κ3) is 3.44. The summed E-state index contributed by atoms with van der Waals surface area (Å²) in [5.74, 6) is 0.901. The van der Waals surface area contributed by atoms with Crippen LogP contribution in [0.15, 0.2) is 0 Å². The summed E-state index contributed by atoms with van der Waals surface area (Å²) in [5.41, 5.74) is 0. The van der Waals surface area contributed by atoms with E-state index in [1.165, 1.54) is 0 Å². The molecule has 0 saturated carbocycles. The number of nitrogens with zero attached hydrogens (tertiary/aromatic N) is 1. The van der Waals surface area contributed by atoms with Crippen molar-refractivity contribution in [3.63, 3.8) is 0 Å².